The highest BCUT2D eigenvalue weighted by Crippen LogP contribution is 2.23. The molecule has 0 N–H and O–H groups in total. The van der Waals surface area contributed by atoms with Gasteiger partial charge in [0.15, 0.2) is 0 Å². The molecule has 0 aromatic carbocycles. The van der Waals surface area contributed by atoms with Crippen LogP contribution in [0.5, 0.6) is 0 Å². The normalized spacial score (nSPS) is 16.0. The lowest BCUT2D eigenvalue weighted by Gasteiger charge is -2.20. The molecule has 0 nitrogen and oxygen atoms in total. The Labute approximate surface area is 83.5 Å². The van der Waals surface area contributed by atoms with Gasteiger partial charge < -0.3 is 0 Å². The van der Waals surface area contributed by atoms with E-state index < -0.39 is 0 Å². The summed E-state index contributed by atoms with van der Waals surface area (Å²) in [6.07, 6.45) is 8.01. The Balaban J connectivity index is 3.52. The third-order valence-corrected chi connectivity index (χ3v) is 3.45. The molecule has 0 saturated heterocycles. The monoisotopic (exact) mass is 188 g/mol. The molecule has 2 unspecified atom stereocenters. The van der Waals surface area contributed by atoms with Crippen LogP contribution in [0.3, 0.4) is 0 Å². The third-order valence-electron chi connectivity index (χ3n) is 2.67. The maximum Gasteiger partial charge on any atom is 0.00423 e. The van der Waals surface area contributed by atoms with Crippen molar-refractivity contribution >= 4 is 12.6 Å². The first kappa shape index (κ1) is 12.3. The van der Waals surface area contributed by atoms with Crippen LogP contribution < -0.4 is 0 Å². The number of rotatable bonds is 7. The zero-order chi connectivity index (χ0) is 9.40. The fraction of sp³-hybridized carbons (Fsp3) is 1.00. The lowest BCUT2D eigenvalue weighted by molar-refractivity contribution is 0.425. The molecule has 0 aromatic heterocycles. The van der Waals surface area contributed by atoms with Crippen LogP contribution >= 0.6 is 12.6 Å². The summed E-state index contributed by atoms with van der Waals surface area (Å²) in [7, 11) is 0. The molecule has 0 aliphatic heterocycles. The van der Waals surface area contributed by atoms with Gasteiger partial charge in [-0.25, -0.2) is 0 Å². The van der Waals surface area contributed by atoms with Gasteiger partial charge in [-0.2, -0.15) is 12.6 Å². The second-order valence-corrected chi connectivity index (χ2v) is 4.30. The summed E-state index contributed by atoms with van der Waals surface area (Å²) < 4.78 is 0. The van der Waals surface area contributed by atoms with Gasteiger partial charge in [0, 0.05) is 5.25 Å². The fourth-order valence-electron chi connectivity index (χ4n) is 1.66. The van der Waals surface area contributed by atoms with Crippen molar-refractivity contribution in [1.82, 2.24) is 0 Å². The van der Waals surface area contributed by atoms with E-state index in [0.717, 1.165) is 5.92 Å². The third kappa shape index (κ3) is 5.08. The quantitative estimate of drug-likeness (QED) is 0.447. The number of hydrogen-bond acceptors (Lipinski definition) is 1. The second kappa shape index (κ2) is 7.97. The Morgan fingerprint density at radius 3 is 2.08 bits per heavy atom. The summed E-state index contributed by atoms with van der Waals surface area (Å²) in [6.45, 7) is 6.79. The summed E-state index contributed by atoms with van der Waals surface area (Å²) in [5.74, 6) is 0.852. The van der Waals surface area contributed by atoms with E-state index in [4.69, 9.17) is 0 Å². The molecule has 2 atom stereocenters. The summed E-state index contributed by atoms with van der Waals surface area (Å²) in [4.78, 5) is 0. The largest absolute Gasteiger partial charge is 0.176 e. The molecule has 12 heavy (non-hydrogen) atoms. The van der Waals surface area contributed by atoms with Crippen LogP contribution in [-0.4, -0.2) is 5.25 Å². The molecule has 0 radical (unpaired) electrons. The molecule has 0 aromatic rings. The molecule has 0 aliphatic rings. The fourth-order valence-corrected chi connectivity index (χ4v) is 2.02. The lowest BCUT2D eigenvalue weighted by Crippen LogP contribution is -2.13. The van der Waals surface area contributed by atoms with Gasteiger partial charge in [-0.1, -0.05) is 46.5 Å². The van der Waals surface area contributed by atoms with Crippen LogP contribution in [0.25, 0.3) is 0 Å². The van der Waals surface area contributed by atoms with Gasteiger partial charge in [-0.15, -0.1) is 0 Å². The Hall–Kier alpha value is 0.350. The second-order valence-electron chi connectivity index (χ2n) is 3.64. The van der Waals surface area contributed by atoms with Crippen molar-refractivity contribution < 1.29 is 0 Å². The predicted molar refractivity (Wildman–Crippen MR) is 61.0 cm³/mol. The van der Waals surface area contributed by atoms with Crippen molar-refractivity contribution in [2.24, 2.45) is 5.92 Å². The summed E-state index contributed by atoms with van der Waals surface area (Å²) in [5.41, 5.74) is 0. The van der Waals surface area contributed by atoms with Crippen LogP contribution in [0.2, 0.25) is 0 Å². The van der Waals surface area contributed by atoms with E-state index >= 15 is 0 Å². The maximum absolute atomic E-state index is 4.61. The van der Waals surface area contributed by atoms with Gasteiger partial charge in [0.05, 0.1) is 0 Å². The van der Waals surface area contributed by atoms with E-state index in [-0.39, 0.29) is 0 Å². The Kier molecular flexibility index (Phi) is 8.20. The van der Waals surface area contributed by atoms with Crippen molar-refractivity contribution in [3.63, 3.8) is 0 Å². The molecular weight excluding hydrogens is 164 g/mol. The molecule has 1 heteroatoms. The van der Waals surface area contributed by atoms with Crippen molar-refractivity contribution in [1.29, 1.82) is 0 Å². The van der Waals surface area contributed by atoms with E-state index in [9.17, 15) is 0 Å². The van der Waals surface area contributed by atoms with Gasteiger partial charge in [0.25, 0.3) is 0 Å². The van der Waals surface area contributed by atoms with Crippen LogP contribution in [0.15, 0.2) is 0 Å². The topological polar surface area (TPSA) is 0 Å². The van der Waals surface area contributed by atoms with Crippen LogP contribution in [0, 0.1) is 5.92 Å². The first-order valence-electron chi connectivity index (χ1n) is 5.44. The van der Waals surface area contributed by atoms with E-state index in [2.05, 4.69) is 33.4 Å². The molecule has 74 valence electrons. The van der Waals surface area contributed by atoms with Crippen molar-refractivity contribution in [2.75, 3.05) is 0 Å². The molecule has 0 heterocycles. The molecule has 0 aliphatic carbocycles. The highest BCUT2D eigenvalue weighted by atomic mass is 32.1. The van der Waals surface area contributed by atoms with Gasteiger partial charge >= 0.3 is 0 Å². The molecule has 0 saturated carbocycles. The van der Waals surface area contributed by atoms with Crippen LogP contribution in [0.4, 0.5) is 0 Å². The van der Waals surface area contributed by atoms with Crippen LogP contribution in [0.1, 0.15) is 59.3 Å². The first-order valence-corrected chi connectivity index (χ1v) is 5.95. The zero-order valence-electron chi connectivity index (χ0n) is 8.84. The molecule has 0 fully saturated rings. The molecule has 0 amide bonds. The van der Waals surface area contributed by atoms with Gasteiger partial charge in [-0.3, -0.25) is 0 Å². The Morgan fingerprint density at radius 2 is 1.67 bits per heavy atom. The summed E-state index contributed by atoms with van der Waals surface area (Å²) in [5, 5.41) is 0.631. The standard InChI is InChI=1S/C11H24S/c1-4-7-8-9-10(5-2)11(12)6-3/h10-12H,4-9H2,1-3H3. The van der Waals surface area contributed by atoms with Gasteiger partial charge in [0.2, 0.25) is 0 Å². The van der Waals surface area contributed by atoms with E-state index in [1.54, 1.807) is 0 Å². The van der Waals surface area contributed by atoms with Crippen LogP contribution in [-0.2, 0) is 0 Å². The molecule has 0 bridgehead atoms. The minimum Gasteiger partial charge on any atom is -0.176 e. The average molecular weight is 188 g/mol. The molecular formula is C11H24S. The summed E-state index contributed by atoms with van der Waals surface area (Å²) >= 11 is 4.61. The van der Waals surface area contributed by atoms with E-state index in [1.165, 1.54) is 38.5 Å². The first-order chi connectivity index (χ1) is 5.76. The minimum absolute atomic E-state index is 0.631. The zero-order valence-corrected chi connectivity index (χ0v) is 9.74. The Bertz CT molecular complexity index is 91.0. The lowest BCUT2D eigenvalue weighted by atomic mass is 9.94. The van der Waals surface area contributed by atoms with E-state index in [1.807, 2.05) is 0 Å². The van der Waals surface area contributed by atoms with Gasteiger partial charge in [-0.05, 0) is 18.8 Å². The average Bonchev–Trinajstić information content (AvgIpc) is 2.11. The van der Waals surface area contributed by atoms with Crippen molar-refractivity contribution in [2.45, 2.75) is 64.5 Å². The molecule has 0 rings (SSSR count). The maximum atomic E-state index is 4.61. The van der Waals surface area contributed by atoms with E-state index in [0.29, 0.717) is 5.25 Å². The number of unbranched alkanes of at least 4 members (excludes halogenated alkanes) is 2. The number of hydrogen-bond donors (Lipinski definition) is 1. The Morgan fingerprint density at radius 1 is 1.00 bits per heavy atom. The van der Waals surface area contributed by atoms with Crippen molar-refractivity contribution in [3.8, 4) is 0 Å². The smallest absolute Gasteiger partial charge is 0.00423 e. The number of thiol groups is 1. The van der Waals surface area contributed by atoms with Gasteiger partial charge in [0.1, 0.15) is 0 Å². The highest BCUT2D eigenvalue weighted by Gasteiger charge is 2.13. The van der Waals surface area contributed by atoms with Crippen molar-refractivity contribution in [3.05, 3.63) is 0 Å². The highest BCUT2D eigenvalue weighted by molar-refractivity contribution is 7.81. The molecule has 0 spiro atoms. The SMILES string of the molecule is CCCCCC(CC)C(S)CC. The minimum atomic E-state index is 0.631. The predicted octanol–water partition coefficient (Wildman–Crippen LogP) is 4.30. The summed E-state index contributed by atoms with van der Waals surface area (Å²) in [6, 6.07) is 0.